The molecule has 0 unspecified atom stereocenters. The molecule has 35 heavy (non-hydrogen) atoms. The molecule has 0 saturated carbocycles. The van der Waals surface area contributed by atoms with Crippen LogP contribution in [0.1, 0.15) is 53.8 Å². The average Bonchev–Trinajstić information content (AvgIpc) is 3.47. The van der Waals surface area contributed by atoms with Crippen LogP contribution in [0.2, 0.25) is 0 Å². The number of amides is 1. The zero-order valence-electron chi connectivity index (χ0n) is 19.6. The first-order chi connectivity index (χ1) is 16.8. The van der Waals surface area contributed by atoms with Gasteiger partial charge in [-0.3, -0.25) is 4.79 Å². The second-order valence-electron chi connectivity index (χ2n) is 9.14. The lowest BCUT2D eigenvalue weighted by Gasteiger charge is -2.17. The summed E-state index contributed by atoms with van der Waals surface area (Å²) in [6, 6.07) is 9.15. The van der Waals surface area contributed by atoms with Crippen molar-refractivity contribution in [2.24, 2.45) is 0 Å². The highest BCUT2D eigenvalue weighted by atomic mass is 32.2. The minimum atomic E-state index is -3.99. The topological polar surface area (TPSA) is 97.2 Å². The summed E-state index contributed by atoms with van der Waals surface area (Å²) < 4.78 is 43.7. The van der Waals surface area contributed by atoms with Crippen molar-refractivity contribution in [1.29, 1.82) is 0 Å². The Bertz CT molecular complexity index is 1380. The summed E-state index contributed by atoms with van der Waals surface area (Å²) in [6.07, 6.45) is 5.71. The Hall–Kier alpha value is -3.11. The molecule has 0 spiro atoms. The minimum Gasteiger partial charge on any atom is -0.322 e. The molecule has 5 rings (SSSR count). The molecular formula is C25H28FN5O3S. The number of anilines is 1. The fourth-order valence-corrected chi connectivity index (χ4v) is 6.31. The van der Waals surface area contributed by atoms with E-state index in [0.29, 0.717) is 18.8 Å². The number of nitrogens with zero attached hydrogens (tertiary/aromatic N) is 4. The van der Waals surface area contributed by atoms with Crippen LogP contribution in [0.15, 0.2) is 41.3 Å². The first-order valence-corrected chi connectivity index (χ1v) is 13.4. The van der Waals surface area contributed by atoms with E-state index in [9.17, 15) is 17.6 Å². The van der Waals surface area contributed by atoms with E-state index in [4.69, 9.17) is 0 Å². The van der Waals surface area contributed by atoms with E-state index in [-0.39, 0.29) is 5.56 Å². The van der Waals surface area contributed by atoms with Crippen LogP contribution >= 0.6 is 0 Å². The minimum absolute atomic E-state index is 0.0744. The molecule has 8 nitrogen and oxygen atoms in total. The van der Waals surface area contributed by atoms with Gasteiger partial charge >= 0.3 is 0 Å². The normalized spacial score (nSPS) is 16.6. The molecule has 1 saturated heterocycles. The van der Waals surface area contributed by atoms with E-state index in [0.717, 1.165) is 80.0 Å². The van der Waals surface area contributed by atoms with Gasteiger partial charge < -0.3 is 9.88 Å². The number of benzene rings is 2. The zero-order valence-corrected chi connectivity index (χ0v) is 20.4. The fraction of sp³-hybridized carbons (Fsp3) is 0.400. The third kappa shape index (κ3) is 4.60. The van der Waals surface area contributed by atoms with Gasteiger partial charge in [0.2, 0.25) is 10.0 Å². The van der Waals surface area contributed by atoms with Crippen molar-refractivity contribution >= 4 is 21.6 Å². The summed E-state index contributed by atoms with van der Waals surface area (Å²) in [5.41, 5.74) is 2.32. The molecule has 1 fully saturated rings. The molecule has 0 atom stereocenters. The van der Waals surface area contributed by atoms with Crippen molar-refractivity contribution in [2.45, 2.75) is 56.9 Å². The smallest absolute Gasteiger partial charge is 0.255 e. The molecule has 3 aromatic rings. The van der Waals surface area contributed by atoms with Crippen molar-refractivity contribution in [3.63, 3.8) is 0 Å². The van der Waals surface area contributed by atoms with E-state index < -0.39 is 26.6 Å². The van der Waals surface area contributed by atoms with Crippen molar-refractivity contribution < 1.29 is 17.6 Å². The summed E-state index contributed by atoms with van der Waals surface area (Å²) in [6.45, 7) is 3.45. The van der Waals surface area contributed by atoms with Crippen LogP contribution in [0.4, 0.5) is 10.1 Å². The maximum atomic E-state index is 14.5. The molecular weight excluding hydrogens is 469 g/mol. The number of hydrogen-bond acceptors (Lipinski definition) is 5. The molecule has 184 valence electrons. The lowest BCUT2D eigenvalue weighted by molar-refractivity contribution is 0.102. The summed E-state index contributed by atoms with van der Waals surface area (Å²) in [5, 5.41) is 11.6. The fourth-order valence-electron chi connectivity index (χ4n) is 4.70. The number of nitrogens with one attached hydrogen (secondary N) is 1. The van der Waals surface area contributed by atoms with Gasteiger partial charge in [-0.1, -0.05) is 18.6 Å². The molecule has 2 aliphatic rings. The first kappa shape index (κ1) is 23.6. The van der Waals surface area contributed by atoms with Crippen LogP contribution in [0.25, 0.3) is 11.4 Å². The van der Waals surface area contributed by atoms with Crippen molar-refractivity contribution in [1.82, 2.24) is 19.1 Å². The third-order valence-electron chi connectivity index (χ3n) is 6.73. The van der Waals surface area contributed by atoms with Crippen LogP contribution < -0.4 is 5.32 Å². The lowest BCUT2D eigenvalue weighted by atomic mass is 10.1. The number of sulfonamides is 1. The van der Waals surface area contributed by atoms with Gasteiger partial charge in [0.05, 0.1) is 0 Å². The number of aromatic nitrogens is 3. The summed E-state index contributed by atoms with van der Waals surface area (Å²) >= 11 is 0. The molecule has 0 aliphatic carbocycles. The SMILES string of the molecule is Cc1ccc(-c2nnc3n2CCCCC3)cc1NC(=O)c1ccc(F)c(S(=O)(=O)N2CCCC2)c1. The number of halogens is 1. The monoisotopic (exact) mass is 497 g/mol. The van der Waals surface area contributed by atoms with Crippen LogP contribution in [0, 0.1) is 12.7 Å². The Morgan fingerprint density at radius 1 is 0.971 bits per heavy atom. The summed E-state index contributed by atoms with van der Waals surface area (Å²) in [4.78, 5) is 12.6. The third-order valence-corrected chi connectivity index (χ3v) is 8.64. The Morgan fingerprint density at radius 2 is 1.74 bits per heavy atom. The molecule has 3 heterocycles. The predicted molar refractivity (Wildman–Crippen MR) is 130 cm³/mol. The van der Waals surface area contributed by atoms with E-state index in [1.165, 1.54) is 10.4 Å². The van der Waals surface area contributed by atoms with Gasteiger partial charge in [0.1, 0.15) is 16.5 Å². The highest BCUT2D eigenvalue weighted by Gasteiger charge is 2.30. The van der Waals surface area contributed by atoms with Crippen LogP contribution in [-0.4, -0.2) is 46.5 Å². The van der Waals surface area contributed by atoms with Gasteiger partial charge in [-0.05, 0) is 62.4 Å². The molecule has 10 heteroatoms. The second kappa shape index (κ2) is 9.50. The Labute approximate surface area is 204 Å². The molecule has 1 amide bonds. The van der Waals surface area contributed by atoms with Crippen LogP contribution in [0.5, 0.6) is 0 Å². The molecule has 2 aromatic carbocycles. The van der Waals surface area contributed by atoms with Gasteiger partial charge in [0, 0.05) is 42.9 Å². The number of fused-ring (bicyclic) bond motifs is 1. The largest absolute Gasteiger partial charge is 0.322 e. The molecule has 1 aromatic heterocycles. The Balaban J connectivity index is 1.43. The molecule has 2 aliphatic heterocycles. The first-order valence-electron chi connectivity index (χ1n) is 12.0. The van der Waals surface area contributed by atoms with Gasteiger partial charge in [-0.2, -0.15) is 4.31 Å². The summed E-state index contributed by atoms with van der Waals surface area (Å²) in [5.74, 6) is 0.363. The molecule has 0 bridgehead atoms. The second-order valence-corrected chi connectivity index (χ2v) is 11.0. The van der Waals surface area contributed by atoms with Gasteiger partial charge in [0.25, 0.3) is 5.91 Å². The lowest BCUT2D eigenvalue weighted by Crippen LogP contribution is -2.29. The number of carbonyl (C=O) groups is 1. The highest BCUT2D eigenvalue weighted by molar-refractivity contribution is 7.89. The van der Waals surface area contributed by atoms with Crippen molar-refractivity contribution in [2.75, 3.05) is 18.4 Å². The predicted octanol–water partition coefficient (Wildman–Crippen LogP) is 4.16. The van der Waals surface area contributed by atoms with E-state index in [1.54, 1.807) is 0 Å². The highest BCUT2D eigenvalue weighted by Crippen LogP contribution is 2.28. The Kier molecular flexibility index (Phi) is 6.41. The zero-order chi connectivity index (χ0) is 24.6. The maximum Gasteiger partial charge on any atom is 0.255 e. The molecule has 0 radical (unpaired) electrons. The number of aryl methyl sites for hydroxylation is 2. The Morgan fingerprint density at radius 3 is 2.54 bits per heavy atom. The van der Waals surface area contributed by atoms with Gasteiger partial charge in [-0.25, -0.2) is 12.8 Å². The van der Waals surface area contributed by atoms with E-state index in [2.05, 4.69) is 20.1 Å². The summed E-state index contributed by atoms with van der Waals surface area (Å²) in [7, 11) is -3.99. The van der Waals surface area contributed by atoms with E-state index in [1.807, 2.05) is 25.1 Å². The van der Waals surface area contributed by atoms with Crippen molar-refractivity contribution in [3.8, 4) is 11.4 Å². The van der Waals surface area contributed by atoms with Crippen LogP contribution in [0.3, 0.4) is 0 Å². The van der Waals surface area contributed by atoms with Crippen LogP contribution in [-0.2, 0) is 23.0 Å². The number of rotatable bonds is 5. The molecule has 1 N–H and O–H groups in total. The van der Waals surface area contributed by atoms with Gasteiger partial charge in [-0.15, -0.1) is 10.2 Å². The number of hydrogen-bond donors (Lipinski definition) is 1. The number of carbonyl (C=O) groups excluding carboxylic acids is 1. The van der Waals surface area contributed by atoms with Crippen molar-refractivity contribution in [3.05, 3.63) is 59.2 Å². The quantitative estimate of drug-likeness (QED) is 0.571. The van der Waals surface area contributed by atoms with E-state index >= 15 is 0 Å². The van der Waals surface area contributed by atoms with Gasteiger partial charge in [0.15, 0.2) is 5.82 Å². The average molecular weight is 498 g/mol. The standard InChI is InChI=1S/C25H28FN5O3S/c1-17-8-9-18(24-29-28-23-7-3-2-4-14-31(23)24)15-21(17)27-25(32)19-10-11-20(26)22(16-19)35(33,34)30-12-5-6-13-30/h8-11,15-16H,2-7,12-14H2,1H3,(H,27,32). The maximum absolute atomic E-state index is 14.5.